The standard InChI is InChI=1S/C18H25N3O/c1-15(14-22)11-21(12-16-7-4-3-5-8-16)13-17-9-6-10-20-18(17)19-2/h3-10,15,22H,11-14H2,1-2H3,(H,19,20). The second-order valence-corrected chi connectivity index (χ2v) is 5.70. The molecule has 0 saturated heterocycles. The predicted molar refractivity (Wildman–Crippen MR) is 90.6 cm³/mol. The van der Waals surface area contributed by atoms with E-state index in [2.05, 4.69) is 52.5 Å². The molecule has 1 aromatic heterocycles. The molecule has 0 amide bonds. The number of nitrogens with one attached hydrogen (secondary N) is 1. The summed E-state index contributed by atoms with van der Waals surface area (Å²) in [7, 11) is 1.89. The number of aromatic nitrogens is 1. The Morgan fingerprint density at radius 3 is 2.59 bits per heavy atom. The van der Waals surface area contributed by atoms with E-state index in [9.17, 15) is 5.11 Å². The Morgan fingerprint density at radius 2 is 1.91 bits per heavy atom. The molecule has 0 aliphatic heterocycles. The predicted octanol–water partition coefficient (Wildman–Crippen LogP) is 2.75. The maximum absolute atomic E-state index is 9.37. The maximum Gasteiger partial charge on any atom is 0.130 e. The van der Waals surface area contributed by atoms with Crippen LogP contribution in [0.2, 0.25) is 0 Å². The Kier molecular flexibility index (Phi) is 6.37. The van der Waals surface area contributed by atoms with E-state index in [1.54, 1.807) is 6.20 Å². The smallest absolute Gasteiger partial charge is 0.130 e. The highest BCUT2D eigenvalue weighted by atomic mass is 16.3. The van der Waals surface area contributed by atoms with Gasteiger partial charge in [-0.3, -0.25) is 4.90 Å². The number of hydrogen-bond donors (Lipinski definition) is 2. The summed E-state index contributed by atoms with van der Waals surface area (Å²) in [5.74, 6) is 1.16. The zero-order valence-corrected chi connectivity index (χ0v) is 13.4. The molecule has 1 heterocycles. The molecule has 22 heavy (non-hydrogen) atoms. The molecular weight excluding hydrogens is 274 g/mol. The molecule has 118 valence electrons. The minimum absolute atomic E-state index is 0.206. The Labute approximate surface area is 132 Å². The van der Waals surface area contributed by atoms with Crippen molar-refractivity contribution in [3.63, 3.8) is 0 Å². The molecule has 2 rings (SSSR count). The zero-order chi connectivity index (χ0) is 15.8. The van der Waals surface area contributed by atoms with E-state index in [1.807, 2.05) is 19.2 Å². The van der Waals surface area contributed by atoms with E-state index < -0.39 is 0 Å². The maximum atomic E-state index is 9.37. The van der Waals surface area contributed by atoms with Crippen LogP contribution in [0.5, 0.6) is 0 Å². The summed E-state index contributed by atoms with van der Waals surface area (Å²) < 4.78 is 0. The van der Waals surface area contributed by atoms with Gasteiger partial charge in [-0.1, -0.05) is 43.3 Å². The summed E-state index contributed by atoms with van der Waals surface area (Å²) in [5.41, 5.74) is 2.45. The first kappa shape index (κ1) is 16.5. The molecule has 4 nitrogen and oxygen atoms in total. The van der Waals surface area contributed by atoms with Gasteiger partial charge in [0.2, 0.25) is 0 Å². The van der Waals surface area contributed by atoms with Gasteiger partial charge in [-0.25, -0.2) is 4.98 Å². The molecule has 1 unspecified atom stereocenters. The first-order valence-corrected chi connectivity index (χ1v) is 7.71. The number of aliphatic hydroxyl groups is 1. The highest BCUT2D eigenvalue weighted by Gasteiger charge is 2.13. The largest absolute Gasteiger partial charge is 0.396 e. The minimum atomic E-state index is 0.206. The van der Waals surface area contributed by atoms with Crippen LogP contribution in [0.25, 0.3) is 0 Å². The normalized spacial score (nSPS) is 12.4. The summed E-state index contributed by atoms with van der Waals surface area (Å²) in [4.78, 5) is 6.72. The molecule has 0 fully saturated rings. The monoisotopic (exact) mass is 299 g/mol. The van der Waals surface area contributed by atoms with Crippen molar-refractivity contribution >= 4 is 5.82 Å². The number of pyridine rings is 1. The van der Waals surface area contributed by atoms with Crippen molar-refractivity contribution in [2.24, 2.45) is 5.92 Å². The van der Waals surface area contributed by atoms with Crippen molar-refractivity contribution in [2.75, 3.05) is 25.5 Å². The van der Waals surface area contributed by atoms with Crippen molar-refractivity contribution in [3.8, 4) is 0 Å². The number of hydrogen-bond acceptors (Lipinski definition) is 4. The Hall–Kier alpha value is -1.91. The minimum Gasteiger partial charge on any atom is -0.396 e. The lowest BCUT2D eigenvalue weighted by Crippen LogP contribution is -2.29. The second-order valence-electron chi connectivity index (χ2n) is 5.70. The Morgan fingerprint density at radius 1 is 1.14 bits per heavy atom. The molecule has 2 N–H and O–H groups in total. The Balaban J connectivity index is 2.13. The molecule has 1 aromatic carbocycles. The molecular formula is C18H25N3O. The number of rotatable bonds is 8. The van der Waals surface area contributed by atoms with Gasteiger partial charge < -0.3 is 10.4 Å². The van der Waals surface area contributed by atoms with Crippen LogP contribution in [0.4, 0.5) is 5.82 Å². The van der Waals surface area contributed by atoms with Gasteiger partial charge in [-0.2, -0.15) is 0 Å². The molecule has 0 aliphatic rings. The van der Waals surface area contributed by atoms with Crippen molar-refractivity contribution in [3.05, 3.63) is 59.8 Å². The molecule has 0 spiro atoms. The van der Waals surface area contributed by atoms with Crippen LogP contribution in [-0.4, -0.2) is 35.2 Å². The van der Waals surface area contributed by atoms with Gasteiger partial charge in [-0.05, 0) is 17.5 Å². The fourth-order valence-electron chi connectivity index (χ4n) is 2.56. The van der Waals surface area contributed by atoms with Crippen LogP contribution >= 0.6 is 0 Å². The van der Waals surface area contributed by atoms with Crippen LogP contribution in [-0.2, 0) is 13.1 Å². The van der Waals surface area contributed by atoms with Gasteiger partial charge in [0.05, 0.1) is 0 Å². The third-order valence-corrected chi connectivity index (χ3v) is 3.65. The van der Waals surface area contributed by atoms with E-state index in [-0.39, 0.29) is 12.5 Å². The number of nitrogens with zero attached hydrogens (tertiary/aromatic N) is 2. The highest BCUT2D eigenvalue weighted by Crippen LogP contribution is 2.17. The number of benzene rings is 1. The van der Waals surface area contributed by atoms with Crippen molar-refractivity contribution in [2.45, 2.75) is 20.0 Å². The van der Waals surface area contributed by atoms with E-state index in [4.69, 9.17) is 0 Å². The van der Waals surface area contributed by atoms with E-state index in [1.165, 1.54) is 11.1 Å². The van der Waals surface area contributed by atoms with Crippen LogP contribution < -0.4 is 5.32 Å². The van der Waals surface area contributed by atoms with Crippen LogP contribution in [0.1, 0.15) is 18.1 Å². The molecule has 4 heteroatoms. The first-order chi connectivity index (χ1) is 10.7. The van der Waals surface area contributed by atoms with Crippen molar-refractivity contribution in [1.29, 1.82) is 0 Å². The van der Waals surface area contributed by atoms with Gasteiger partial charge in [0.1, 0.15) is 5.82 Å². The summed E-state index contributed by atoms with van der Waals surface area (Å²) in [5, 5.41) is 12.5. The van der Waals surface area contributed by atoms with Crippen LogP contribution in [0.3, 0.4) is 0 Å². The summed E-state index contributed by atoms with van der Waals surface area (Å²) >= 11 is 0. The third kappa shape index (κ3) is 4.83. The lowest BCUT2D eigenvalue weighted by Gasteiger charge is -2.26. The lowest BCUT2D eigenvalue weighted by atomic mass is 10.1. The summed E-state index contributed by atoms with van der Waals surface area (Å²) in [6.45, 7) is 4.80. The highest BCUT2D eigenvalue weighted by molar-refractivity contribution is 5.42. The second kappa shape index (κ2) is 8.51. The topological polar surface area (TPSA) is 48.4 Å². The van der Waals surface area contributed by atoms with Gasteiger partial charge in [0, 0.05) is 45.0 Å². The number of aliphatic hydroxyl groups excluding tert-OH is 1. The average molecular weight is 299 g/mol. The fourth-order valence-corrected chi connectivity index (χ4v) is 2.56. The first-order valence-electron chi connectivity index (χ1n) is 7.71. The third-order valence-electron chi connectivity index (χ3n) is 3.65. The molecule has 0 aliphatic carbocycles. The summed E-state index contributed by atoms with van der Waals surface area (Å²) in [6.07, 6.45) is 1.80. The van der Waals surface area contributed by atoms with Gasteiger partial charge in [-0.15, -0.1) is 0 Å². The molecule has 2 aromatic rings. The number of anilines is 1. The van der Waals surface area contributed by atoms with Crippen molar-refractivity contribution in [1.82, 2.24) is 9.88 Å². The van der Waals surface area contributed by atoms with Gasteiger partial charge in [0.15, 0.2) is 0 Å². The quantitative estimate of drug-likeness (QED) is 0.787. The molecule has 0 radical (unpaired) electrons. The van der Waals surface area contributed by atoms with Gasteiger partial charge >= 0.3 is 0 Å². The molecule has 0 saturated carbocycles. The van der Waals surface area contributed by atoms with E-state index in [0.29, 0.717) is 0 Å². The van der Waals surface area contributed by atoms with Crippen molar-refractivity contribution < 1.29 is 5.11 Å². The van der Waals surface area contributed by atoms with Gasteiger partial charge in [0.25, 0.3) is 0 Å². The van der Waals surface area contributed by atoms with Crippen LogP contribution in [0.15, 0.2) is 48.7 Å². The SMILES string of the molecule is CNc1ncccc1CN(Cc1ccccc1)CC(C)CO. The van der Waals surface area contributed by atoms with E-state index in [0.717, 1.165) is 25.5 Å². The molecule has 0 bridgehead atoms. The summed E-state index contributed by atoms with van der Waals surface area (Å²) in [6, 6.07) is 14.5. The molecule has 1 atom stereocenters. The lowest BCUT2D eigenvalue weighted by molar-refractivity contribution is 0.163. The van der Waals surface area contributed by atoms with Crippen LogP contribution in [0, 0.1) is 5.92 Å². The van der Waals surface area contributed by atoms with E-state index >= 15 is 0 Å². The fraction of sp³-hybridized carbons (Fsp3) is 0.389. The average Bonchev–Trinajstić information content (AvgIpc) is 2.56. The Bertz CT molecular complexity index is 559. The zero-order valence-electron chi connectivity index (χ0n) is 13.4.